The Bertz CT molecular complexity index is 1680. The van der Waals surface area contributed by atoms with Gasteiger partial charge in [0.1, 0.15) is 5.70 Å². The summed E-state index contributed by atoms with van der Waals surface area (Å²) in [6, 6.07) is 26.1. The minimum Gasteiger partial charge on any atom is -0.478 e. The Balaban J connectivity index is 1.43. The van der Waals surface area contributed by atoms with Crippen molar-refractivity contribution in [3.8, 4) is 0 Å². The molecule has 3 amide bonds. The molecule has 4 aromatic rings. The average molecular weight is 635 g/mol. The lowest BCUT2D eigenvalue weighted by molar-refractivity contribution is -0.115. The van der Waals surface area contributed by atoms with Crippen molar-refractivity contribution in [1.82, 2.24) is 5.32 Å². The van der Waals surface area contributed by atoms with Crippen LogP contribution in [-0.2, 0) is 9.59 Å². The number of hydrogen-bond donors (Lipinski definition) is 4. The van der Waals surface area contributed by atoms with Gasteiger partial charge in [-0.25, -0.2) is 4.79 Å². The average Bonchev–Trinajstić information content (AvgIpc) is 2.99. The maximum Gasteiger partial charge on any atom is 0.335 e. The summed E-state index contributed by atoms with van der Waals surface area (Å²) in [6.07, 6.45) is 1.47. The second-order valence-corrected chi connectivity index (χ2v) is 11.4. The van der Waals surface area contributed by atoms with Gasteiger partial charge in [0.05, 0.1) is 10.8 Å². The lowest BCUT2D eigenvalue weighted by Gasteiger charge is -2.14. The van der Waals surface area contributed by atoms with Gasteiger partial charge in [-0.3, -0.25) is 14.4 Å². The summed E-state index contributed by atoms with van der Waals surface area (Å²) in [6.45, 7) is 1.75. The predicted octanol–water partition coefficient (Wildman–Crippen LogP) is 7.22. The van der Waals surface area contributed by atoms with E-state index in [4.69, 9.17) is 28.3 Å². The third-order valence-corrected chi connectivity index (χ3v) is 7.66. The Morgan fingerprint density at radius 2 is 1.42 bits per heavy atom. The van der Waals surface area contributed by atoms with E-state index < -0.39 is 23.0 Å². The molecular formula is C32H25Cl2N3O5S. The molecule has 0 aliphatic carbocycles. The molecule has 0 bridgehead atoms. The van der Waals surface area contributed by atoms with E-state index in [1.165, 1.54) is 48.2 Å². The van der Waals surface area contributed by atoms with Gasteiger partial charge in [-0.05, 0) is 91.4 Å². The summed E-state index contributed by atoms with van der Waals surface area (Å²) in [5, 5.41) is 17.5. The van der Waals surface area contributed by atoms with Crippen molar-refractivity contribution in [2.45, 2.75) is 17.1 Å². The molecule has 1 atom stereocenters. The maximum absolute atomic E-state index is 13.3. The number of carboxylic acid groups (broad SMARTS) is 1. The highest BCUT2D eigenvalue weighted by Crippen LogP contribution is 2.27. The quantitative estimate of drug-likeness (QED) is 0.108. The Kier molecular flexibility index (Phi) is 10.6. The van der Waals surface area contributed by atoms with E-state index in [0.29, 0.717) is 32.5 Å². The van der Waals surface area contributed by atoms with E-state index in [1.54, 1.807) is 73.7 Å². The topological polar surface area (TPSA) is 125 Å². The summed E-state index contributed by atoms with van der Waals surface area (Å²) in [7, 11) is 0. The molecule has 0 heterocycles. The van der Waals surface area contributed by atoms with E-state index in [0.717, 1.165) is 4.90 Å². The third kappa shape index (κ3) is 8.96. The van der Waals surface area contributed by atoms with Gasteiger partial charge in [0.15, 0.2) is 0 Å². The van der Waals surface area contributed by atoms with Crippen LogP contribution in [0.4, 0.5) is 11.4 Å². The molecule has 4 N–H and O–H groups in total. The lowest BCUT2D eigenvalue weighted by Crippen LogP contribution is -2.30. The van der Waals surface area contributed by atoms with Crippen molar-refractivity contribution in [3.63, 3.8) is 0 Å². The number of rotatable bonds is 10. The second kappa shape index (κ2) is 14.6. The Hall–Kier alpha value is -4.57. The number of hydrogen-bond acceptors (Lipinski definition) is 5. The number of benzene rings is 4. The van der Waals surface area contributed by atoms with Crippen LogP contribution in [0.5, 0.6) is 0 Å². The van der Waals surface area contributed by atoms with Gasteiger partial charge < -0.3 is 21.1 Å². The van der Waals surface area contributed by atoms with Crippen LogP contribution in [0.25, 0.3) is 6.08 Å². The molecule has 0 aromatic heterocycles. The van der Waals surface area contributed by atoms with Crippen LogP contribution in [0.2, 0.25) is 10.0 Å². The predicted molar refractivity (Wildman–Crippen MR) is 171 cm³/mol. The van der Waals surface area contributed by atoms with E-state index in [9.17, 15) is 19.2 Å². The van der Waals surface area contributed by atoms with Crippen LogP contribution in [0.15, 0.2) is 108 Å². The zero-order chi connectivity index (χ0) is 30.9. The zero-order valence-corrected chi connectivity index (χ0v) is 25.0. The van der Waals surface area contributed by atoms with Crippen molar-refractivity contribution >= 4 is 76.1 Å². The fraction of sp³-hybridized carbons (Fsp3) is 0.0625. The smallest absolute Gasteiger partial charge is 0.335 e. The number of halogens is 2. The highest BCUT2D eigenvalue weighted by molar-refractivity contribution is 8.00. The first-order valence-corrected chi connectivity index (χ1v) is 14.5. The van der Waals surface area contributed by atoms with Gasteiger partial charge in [-0.15, -0.1) is 11.8 Å². The molecule has 11 heteroatoms. The maximum atomic E-state index is 13.3. The molecule has 0 saturated carbocycles. The monoisotopic (exact) mass is 633 g/mol. The lowest BCUT2D eigenvalue weighted by atomic mass is 10.1. The minimum atomic E-state index is -1.04. The van der Waals surface area contributed by atoms with Gasteiger partial charge in [0, 0.05) is 31.9 Å². The first-order valence-electron chi connectivity index (χ1n) is 12.8. The summed E-state index contributed by atoms with van der Waals surface area (Å²) in [5.74, 6) is -2.34. The van der Waals surface area contributed by atoms with Crippen LogP contribution in [0.1, 0.15) is 33.2 Å². The first-order chi connectivity index (χ1) is 20.6. The van der Waals surface area contributed by atoms with E-state index in [1.807, 2.05) is 0 Å². The van der Waals surface area contributed by atoms with Gasteiger partial charge in [-0.1, -0.05) is 47.5 Å². The molecule has 0 aliphatic heterocycles. The van der Waals surface area contributed by atoms with Crippen LogP contribution in [0.3, 0.4) is 0 Å². The summed E-state index contributed by atoms with van der Waals surface area (Å²) >= 11 is 13.6. The largest absolute Gasteiger partial charge is 0.478 e. The highest BCUT2D eigenvalue weighted by Gasteiger charge is 2.18. The van der Waals surface area contributed by atoms with Gasteiger partial charge >= 0.3 is 5.97 Å². The molecule has 0 aliphatic rings. The fourth-order valence-electron chi connectivity index (χ4n) is 3.73. The standard InChI is InChI=1S/C32H25Cl2N3O5S/c1-19(29(38)35-24-11-8-21(9-12-24)32(41)42)43-26-15-13-25(14-16-26)36-31(40)28(17-22-7-10-23(33)18-27(22)34)37-30(39)20-5-3-2-4-6-20/h2-19H,1H3,(H,35,38)(H,36,40)(H,37,39)(H,41,42)/b28-17-. The van der Waals surface area contributed by atoms with Gasteiger partial charge in [0.2, 0.25) is 5.91 Å². The summed E-state index contributed by atoms with van der Waals surface area (Å²) < 4.78 is 0. The molecule has 1 unspecified atom stereocenters. The molecule has 4 rings (SSSR count). The molecule has 0 radical (unpaired) electrons. The number of nitrogens with one attached hydrogen (secondary N) is 3. The minimum absolute atomic E-state index is 0.0294. The Labute approximate surface area is 262 Å². The second-order valence-electron chi connectivity index (χ2n) is 9.15. The summed E-state index contributed by atoms with van der Waals surface area (Å²) in [4.78, 5) is 50.6. The number of carboxylic acids is 1. The number of amides is 3. The van der Waals surface area contributed by atoms with Gasteiger partial charge in [0.25, 0.3) is 11.8 Å². The fourth-order valence-corrected chi connectivity index (χ4v) is 5.06. The van der Waals surface area contributed by atoms with Crippen LogP contribution < -0.4 is 16.0 Å². The van der Waals surface area contributed by atoms with E-state index in [2.05, 4.69) is 16.0 Å². The van der Waals surface area contributed by atoms with Crippen molar-refractivity contribution in [1.29, 1.82) is 0 Å². The Morgan fingerprint density at radius 1 is 0.791 bits per heavy atom. The SMILES string of the molecule is CC(Sc1ccc(NC(=O)/C(=C/c2ccc(Cl)cc2Cl)NC(=O)c2ccccc2)cc1)C(=O)Nc1ccc(C(=O)O)cc1. The number of aromatic carboxylic acids is 1. The van der Waals surface area contributed by atoms with Crippen molar-refractivity contribution in [2.24, 2.45) is 0 Å². The zero-order valence-electron chi connectivity index (χ0n) is 22.6. The van der Waals surface area contributed by atoms with Crippen molar-refractivity contribution < 1.29 is 24.3 Å². The number of carbonyl (C=O) groups excluding carboxylic acids is 3. The van der Waals surface area contributed by atoms with Crippen LogP contribution in [0, 0.1) is 0 Å². The number of carbonyl (C=O) groups is 4. The molecule has 43 heavy (non-hydrogen) atoms. The molecule has 0 fully saturated rings. The molecule has 0 saturated heterocycles. The molecule has 8 nitrogen and oxygen atoms in total. The molecule has 218 valence electrons. The molecule has 4 aromatic carbocycles. The van der Waals surface area contributed by atoms with Crippen LogP contribution >= 0.6 is 35.0 Å². The highest BCUT2D eigenvalue weighted by atomic mass is 35.5. The van der Waals surface area contributed by atoms with E-state index >= 15 is 0 Å². The summed E-state index contributed by atoms with van der Waals surface area (Å²) in [5.41, 5.74) is 1.91. The number of anilines is 2. The van der Waals surface area contributed by atoms with Crippen molar-refractivity contribution in [2.75, 3.05) is 10.6 Å². The van der Waals surface area contributed by atoms with E-state index in [-0.39, 0.29) is 17.2 Å². The normalized spacial score (nSPS) is 11.7. The third-order valence-electron chi connectivity index (χ3n) is 5.98. The van der Waals surface area contributed by atoms with Crippen LogP contribution in [-0.4, -0.2) is 34.0 Å². The molecular weight excluding hydrogens is 609 g/mol. The molecule has 0 spiro atoms. The Morgan fingerprint density at radius 3 is 2.05 bits per heavy atom. The van der Waals surface area contributed by atoms with Crippen molar-refractivity contribution in [3.05, 3.63) is 129 Å². The first kappa shape index (κ1) is 31.4. The number of thioether (sulfide) groups is 1. The van der Waals surface area contributed by atoms with Gasteiger partial charge in [-0.2, -0.15) is 0 Å².